The lowest BCUT2D eigenvalue weighted by molar-refractivity contribution is 0.516. The number of thiophene rings is 1. The molecule has 1 N–H and O–H groups in total. The summed E-state index contributed by atoms with van der Waals surface area (Å²) >= 11 is 1.93. The van der Waals surface area contributed by atoms with E-state index in [1.54, 1.807) is 0 Å². The van der Waals surface area contributed by atoms with Gasteiger partial charge in [0.05, 0.1) is 0 Å². The van der Waals surface area contributed by atoms with Crippen LogP contribution >= 0.6 is 11.3 Å². The van der Waals surface area contributed by atoms with Crippen LogP contribution in [0.15, 0.2) is 30.3 Å². The maximum absolute atomic E-state index is 3.60. The summed E-state index contributed by atoms with van der Waals surface area (Å²) in [5.41, 5.74) is 4.03. The molecule has 1 aromatic heterocycles. The first-order valence-electron chi connectivity index (χ1n) is 7.55. The van der Waals surface area contributed by atoms with E-state index in [1.807, 2.05) is 11.3 Å². The van der Waals surface area contributed by atoms with Gasteiger partial charge >= 0.3 is 0 Å². The van der Waals surface area contributed by atoms with Gasteiger partial charge in [0, 0.05) is 15.8 Å². The Balaban J connectivity index is 2.27. The minimum absolute atomic E-state index is 0.509. The summed E-state index contributed by atoms with van der Waals surface area (Å²) in [6.45, 7) is 9.80. The molecule has 0 saturated carbocycles. The molecule has 20 heavy (non-hydrogen) atoms. The highest BCUT2D eigenvalue weighted by Crippen LogP contribution is 2.33. The fourth-order valence-electron chi connectivity index (χ4n) is 2.69. The molecule has 108 valence electrons. The maximum atomic E-state index is 3.60. The summed E-state index contributed by atoms with van der Waals surface area (Å²) in [4.78, 5) is 2.84. The molecule has 1 heterocycles. The van der Waals surface area contributed by atoms with Gasteiger partial charge in [0.15, 0.2) is 0 Å². The van der Waals surface area contributed by atoms with Crippen LogP contribution in [0.2, 0.25) is 0 Å². The van der Waals surface area contributed by atoms with Gasteiger partial charge in [0.1, 0.15) is 0 Å². The van der Waals surface area contributed by atoms with Gasteiger partial charge in [-0.3, -0.25) is 0 Å². The molecule has 0 aliphatic rings. The molecule has 2 heteroatoms. The number of benzene rings is 1. The molecule has 0 spiro atoms. The molecule has 0 fully saturated rings. The predicted octanol–water partition coefficient (Wildman–Crippen LogP) is 5.48. The third-order valence-electron chi connectivity index (χ3n) is 3.50. The van der Waals surface area contributed by atoms with Crippen LogP contribution < -0.4 is 5.32 Å². The third kappa shape index (κ3) is 3.71. The highest BCUT2D eigenvalue weighted by molar-refractivity contribution is 7.15. The minimum atomic E-state index is 0.509. The van der Waals surface area contributed by atoms with Crippen molar-refractivity contribution in [2.45, 2.75) is 46.6 Å². The van der Waals surface area contributed by atoms with Crippen molar-refractivity contribution in [1.82, 2.24) is 5.32 Å². The number of aryl methyl sites for hydroxylation is 2. The van der Waals surface area contributed by atoms with Crippen molar-refractivity contribution in [1.29, 1.82) is 0 Å². The van der Waals surface area contributed by atoms with Gasteiger partial charge in [0.2, 0.25) is 0 Å². The number of hydrogen-bond donors (Lipinski definition) is 1. The number of nitrogens with one attached hydrogen (secondary N) is 1. The Morgan fingerprint density at radius 3 is 2.35 bits per heavy atom. The summed E-state index contributed by atoms with van der Waals surface area (Å²) in [7, 11) is 0. The average Bonchev–Trinajstić information content (AvgIpc) is 2.87. The molecule has 0 amide bonds. The fourth-order valence-corrected chi connectivity index (χ4v) is 3.80. The van der Waals surface area contributed by atoms with Crippen molar-refractivity contribution in [3.8, 4) is 10.4 Å². The summed E-state index contributed by atoms with van der Waals surface area (Å²) < 4.78 is 0. The van der Waals surface area contributed by atoms with Gasteiger partial charge in [-0.05, 0) is 44.5 Å². The van der Waals surface area contributed by atoms with Crippen molar-refractivity contribution in [3.05, 3.63) is 46.3 Å². The van der Waals surface area contributed by atoms with E-state index in [0.29, 0.717) is 6.04 Å². The molecule has 0 saturated heterocycles. The molecular formula is C18H25NS. The largest absolute Gasteiger partial charge is 0.310 e. The first kappa shape index (κ1) is 15.3. The van der Waals surface area contributed by atoms with Crippen molar-refractivity contribution >= 4 is 11.3 Å². The van der Waals surface area contributed by atoms with Gasteiger partial charge in [-0.1, -0.05) is 49.6 Å². The summed E-state index contributed by atoms with van der Waals surface area (Å²) in [6.07, 6.45) is 2.43. The van der Waals surface area contributed by atoms with Crippen molar-refractivity contribution < 1.29 is 0 Å². The average molecular weight is 287 g/mol. The third-order valence-corrected chi connectivity index (χ3v) is 4.75. The second kappa shape index (κ2) is 7.05. The quantitative estimate of drug-likeness (QED) is 0.741. The van der Waals surface area contributed by atoms with Crippen LogP contribution in [0.25, 0.3) is 10.4 Å². The van der Waals surface area contributed by atoms with Crippen molar-refractivity contribution in [2.24, 2.45) is 0 Å². The van der Waals surface area contributed by atoms with E-state index in [2.05, 4.69) is 63.3 Å². The van der Waals surface area contributed by atoms with Crippen LogP contribution in [-0.4, -0.2) is 6.54 Å². The Morgan fingerprint density at radius 2 is 1.75 bits per heavy atom. The topological polar surface area (TPSA) is 12.0 Å². The summed E-state index contributed by atoms with van der Waals surface area (Å²) in [6, 6.07) is 11.9. The van der Waals surface area contributed by atoms with Crippen LogP contribution in [0, 0.1) is 13.8 Å². The highest BCUT2D eigenvalue weighted by atomic mass is 32.1. The summed E-state index contributed by atoms with van der Waals surface area (Å²) in [5, 5.41) is 3.60. The number of rotatable bonds is 6. The molecule has 1 atom stereocenters. The maximum Gasteiger partial charge on any atom is 0.0414 e. The Labute approximate surface area is 127 Å². The van der Waals surface area contributed by atoms with E-state index in [-0.39, 0.29) is 0 Å². The smallest absolute Gasteiger partial charge is 0.0414 e. The molecule has 2 rings (SSSR count). The normalized spacial score (nSPS) is 12.6. The van der Waals surface area contributed by atoms with Gasteiger partial charge in [-0.25, -0.2) is 0 Å². The standard InChI is InChI=1S/C18H25NS/c1-5-7-16(19-6-2)18-9-8-17(20-18)15-11-13(3)10-14(4)12-15/h8-12,16,19H,5-7H2,1-4H3. The van der Waals surface area contributed by atoms with Crippen molar-refractivity contribution in [3.63, 3.8) is 0 Å². The molecule has 2 aromatic rings. The van der Waals surface area contributed by atoms with E-state index in [9.17, 15) is 0 Å². The van der Waals surface area contributed by atoms with Crippen LogP contribution in [0.1, 0.15) is 48.7 Å². The van der Waals surface area contributed by atoms with Crippen LogP contribution in [0.5, 0.6) is 0 Å². The van der Waals surface area contributed by atoms with Gasteiger partial charge in [0.25, 0.3) is 0 Å². The lowest BCUT2D eigenvalue weighted by Gasteiger charge is -2.15. The van der Waals surface area contributed by atoms with Gasteiger partial charge in [-0.15, -0.1) is 11.3 Å². The molecule has 1 unspecified atom stereocenters. The first-order valence-corrected chi connectivity index (χ1v) is 8.37. The molecule has 0 aliphatic heterocycles. The molecule has 1 nitrogen and oxygen atoms in total. The Hall–Kier alpha value is -1.12. The molecular weight excluding hydrogens is 262 g/mol. The molecule has 0 aliphatic carbocycles. The summed E-state index contributed by atoms with van der Waals surface area (Å²) in [5.74, 6) is 0. The molecule has 0 bridgehead atoms. The van der Waals surface area contributed by atoms with E-state index in [4.69, 9.17) is 0 Å². The van der Waals surface area contributed by atoms with Gasteiger partial charge in [-0.2, -0.15) is 0 Å². The second-order valence-electron chi connectivity index (χ2n) is 5.48. The van der Waals surface area contributed by atoms with E-state index in [1.165, 1.54) is 39.3 Å². The first-order chi connectivity index (χ1) is 9.63. The molecule has 0 radical (unpaired) electrons. The molecule has 1 aromatic carbocycles. The second-order valence-corrected chi connectivity index (χ2v) is 6.59. The Morgan fingerprint density at radius 1 is 1.05 bits per heavy atom. The zero-order valence-corrected chi connectivity index (χ0v) is 13.8. The Bertz CT molecular complexity index is 530. The van der Waals surface area contributed by atoms with Crippen molar-refractivity contribution in [2.75, 3.05) is 6.54 Å². The monoisotopic (exact) mass is 287 g/mol. The minimum Gasteiger partial charge on any atom is -0.310 e. The van der Waals surface area contributed by atoms with Crippen LogP contribution in [0.3, 0.4) is 0 Å². The number of hydrogen-bond acceptors (Lipinski definition) is 2. The van der Waals surface area contributed by atoms with E-state index in [0.717, 1.165) is 6.54 Å². The predicted molar refractivity (Wildman–Crippen MR) is 90.6 cm³/mol. The van der Waals surface area contributed by atoms with Crippen LogP contribution in [-0.2, 0) is 0 Å². The lowest BCUT2D eigenvalue weighted by atomic mass is 10.1. The zero-order valence-electron chi connectivity index (χ0n) is 13.0. The van der Waals surface area contributed by atoms with E-state index < -0.39 is 0 Å². The van der Waals surface area contributed by atoms with Gasteiger partial charge < -0.3 is 5.32 Å². The van der Waals surface area contributed by atoms with E-state index >= 15 is 0 Å². The lowest BCUT2D eigenvalue weighted by Crippen LogP contribution is -2.19. The van der Waals surface area contributed by atoms with Crippen LogP contribution in [0.4, 0.5) is 0 Å². The Kier molecular flexibility index (Phi) is 5.38. The fraction of sp³-hybridized carbons (Fsp3) is 0.444. The SMILES string of the molecule is CCCC(NCC)c1ccc(-c2cc(C)cc(C)c2)s1. The zero-order chi connectivity index (χ0) is 14.5. The highest BCUT2D eigenvalue weighted by Gasteiger charge is 2.12.